The molecule has 0 atom stereocenters. The number of nitrogens with two attached hydrogens (primary N) is 1. The van der Waals surface area contributed by atoms with Crippen LogP contribution in [0.15, 0.2) is 36.4 Å². The number of nitriles is 1. The van der Waals surface area contributed by atoms with Crippen molar-refractivity contribution in [2.75, 3.05) is 15.5 Å². The minimum absolute atomic E-state index is 0.162. The molecule has 1 heterocycles. The average Bonchev–Trinajstić information content (AvgIpc) is 2.81. The molecular formula is C19H14ClF3N4O2. The Balaban J connectivity index is 2.13. The Morgan fingerprint density at radius 3 is 2.28 bits per heavy atom. The molecule has 0 spiro atoms. The monoisotopic (exact) mass is 422 g/mol. The van der Waals surface area contributed by atoms with Gasteiger partial charge in [-0.15, -0.1) is 0 Å². The number of imide groups is 1. The minimum atomic E-state index is -4.83. The lowest BCUT2D eigenvalue weighted by atomic mass is 10.0. The lowest BCUT2D eigenvalue weighted by Gasteiger charge is -2.28. The molecule has 2 aromatic rings. The number of hydrogen-bond donors (Lipinski definition) is 1. The highest BCUT2D eigenvalue weighted by atomic mass is 35.5. The summed E-state index contributed by atoms with van der Waals surface area (Å²) in [6, 6.07) is 7.61. The smallest absolute Gasteiger partial charge is 0.398 e. The van der Waals surface area contributed by atoms with E-state index in [0.29, 0.717) is 11.0 Å². The second kappa shape index (κ2) is 6.67. The second-order valence-corrected chi connectivity index (χ2v) is 7.27. The van der Waals surface area contributed by atoms with Crippen LogP contribution in [-0.2, 0) is 11.0 Å². The van der Waals surface area contributed by atoms with Gasteiger partial charge in [0.2, 0.25) is 0 Å². The van der Waals surface area contributed by atoms with Crippen LogP contribution < -0.4 is 15.5 Å². The van der Waals surface area contributed by atoms with Crippen molar-refractivity contribution in [1.82, 2.24) is 0 Å². The van der Waals surface area contributed by atoms with E-state index in [1.54, 1.807) is 0 Å². The number of alkyl halides is 3. The maximum atomic E-state index is 13.3. The Kier molecular flexibility index (Phi) is 4.71. The van der Waals surface area contributed by atoms with E-state index < -0.39 is 34.8 Å². The molecule has 0 aromatic heterocycles. The Bertz CT molecular complexity index is 1080. The number of urea groups is 1. The molecule has 3 amide bonds. The van der Waals surface area contributed by atoms with Crippen LogP contribution in [0.4, 0.5) is 35.0 Å². The molecule has 1 saturated heterocycles. The van der Waals surface area contributed by atoms with Crippen LogP contribution in [0.1, 0.15) is 25.0 Å². The van der Waals surface area contributed by atoms with E-state index in [-0.39, 0.29) is 22.1 Å². The molecule has 0 unspecified atom stereocenters. The molecule has 10 heteroatoms. The molecule has 2 N–H and O–H groups in total. The number of benzene rings is 2. The fraction of sp³-hybridized carbons (Fsp3) is 0.211. The van der Waals surface area contributed by atoms with Gasteiger partial charge >= 0.3 is 12.2 Å². The zero-order valence-electron chi connectivity index (χ0n) is 15.2. The van der Waals surface area contributed by atoms with Gasteiger partial charge in [0.1, 0.15) is 5.54 Å². The lowest BCUT2D eigenvalue weighted by Crippen LogP contribution is -2.44. The molecular weight excluding hydrogens is 409 g/mol. The molecule has 1 fully saturated rings. The molecule has 3 rings (SSSR count). The van der Waals surface area contributed by atoms with Crippen LogP contribution in [0.25, 0.3) is 0 Å². The highest BCUT2D eigenvalue weighted by Crippen LogP contribution is 2.40. The van der Waals surface area contributed by atoms with Crippen molar-refractivity contribution < 1.29 is 22.8 Å². The Hall–Kier alpha value is -3.25. The summed E-state index contributed by atoms with van der Waals surface area (Å²) in [5, 5.41) is 9.10. The Morgan fingerprint density at radius 1 is 1.10 bits per heavy atom. The van der Waals surface area contributed by atoms with Crippen LogP contribution >= 0.6 is 11.6 Å². The largest absolute Gasteiger partial charge is 0.417 e. The Labute approximate surface area is 168 Å². The summed E-state index contributed by atoms with van der Waals surface area (Å²) in [6.45, 7) is 2.93. The fourth-order valence-electron chi connectivity index (χ4n) is 3.11. The van der Waals surface area contributed by atoms with Crippen molar-refractivity contribution in [2.24, 2.45) is 0 Å². The molecule has 1 aliphatic rings. The molecule has 0 radical (unpaired) electrons. The van der Waals surface area contributed by atoms with Gasteiger partial charge in [-0.25, -0.2) is 9.69 Å². The topological polar surface area (TPSA) is 90.4 Å². The highest BCUT2D eigenvalue weighted by molar-refractivity contribution is 6.34. The summed E-state index contributed by atoms with van der Waals surface area (Å²) in [5.74, 6) is -0.728. The average molecular weight is 423 g/mol. The summed E-state index contributed by atoms with van der Waals surface area (Å²) < 4.78 is 39.9. The van der Waals surface area contributed by atoms with Gasteiger partial charge in [0.15, 0.2) is 0 Å². The summed E-state index contributed by atoms with van der Waals surface area (Å²) >= 11 is 6.01. The number of anilines is 3. The maximum Gasteiger partial charge on any atom is 0.417 e. The molecule has 2 aromatic carbocycles. The van der Waals surface area contributed by atoms with Gasteiger partial charge in [0, 0.05) is 5.69 Å². The predicted molar refractivity (Wildman–Crippen MR) is 101 cm³/mol. The van der Waals surface area contributed by atoms with E-state index in [4.69, 9.17) is 22.6 Å². The van der Waals surface area contributed by atoms with E-state index in [0.717, 1.165) is 17.0 Å². The summed E-state index contributed by atoms with van der Waals surface area (Å²) in [5.41, 5.74) is 2.68. The molecule has 0 bridgehead atoms. The minimum Gasteiger partial charge on any atom is -0.398 e. The quantitative estimate of drug-likeness (QED) is 0.567. The van der Waals surface area contributed by atoms with Crippen LogP contribution in [0.5, 0.6) is 0 Å². The van der Waals surface area contributed by atoms with E-state index in [1.807, 2.05) is 0 Å². The van der Waals surface area contributed by atoms with Crippen LogP contribution in [0, 0.1) is 11.3 Å². The first-order valence-electron chi connectivity index (χ1n) is 8.24. The van der Waals surface area contributed by atoms with E-state index in [2.05, 4.69) is 0 Å². The number of nitrogens with zero attached hydrogens (tertiary/aromatic N) is 3. The third-order valence-electron chi connectivity index (χ3n) is 4.60. The number of hydrogen-bond acceptors (Lipinski definition) is 4. The van der Waals surface area contributed by atoms with Gasteiger partial charge in [-0.2, -0.15) is 18.4 Å². The molecule has 6 nitrogen and oxygen atoms in total. The number of amides is 3. The van der Waals surface area contributed by atoms with E-state index in [1.165, 1.54) is 38.1 Å². The number of nitrogen functional groups attached to an aromatic ring is 1. The lowest BCUT2D eigenvalue weighted by molar-refractivity contribution is -0.137. The third-order valence-corrected chi connectivity index (χ3v) is 4.92. The van der Waals surface area contributed by atoms with Crippen molar-refractivity contribution >= 4 is 40.6 Å². The summed E-state index contributed by atoms with van der Waals surface area (Å²) in [6.07, 6.45) is -4.83. The van der Waals surface area contributed by atoms with E-state index in [9.17, 15) is 22.8 Å². The van der Waals surface area contributed by atoms with Gasteiger partial charge in [-0.05, 0) is 50.2 Å². The number of rotatable bonds is 2. The van der Waals surface area contributed by atoms with Crippen molar-refractivity contribution in [2.45, 2.75) is 25.6 Å². The fourth-order valence-corrected chi connectivity index (χ4v) is 3.29. The number of halogens is 4. The van der Waals surface area contributed by atoms with Crippen molar-refractivity contribution in [3.63, 3.8) is 0 Å². The zero-order valence-corrected chi connectivity index (χ0v) is 16.0. The molecule has 0 saturated carbocycles. The van der Waals surface area contributed by atoms with Crippen LogP contribution in [0.3, 0.4) is 0 Å². The molecule has 150 valence electrons. The van der Waals surface area contributed by atoms with E-state index >= 15 is 0 Å². The summed E-state index contributed by atoms with van der Waals surface area (Å²) in [7, 11) is 0. The normalized spacial score (nSPS) is 16.3. The predicted octanol–water partition coefficient (Wildman–Crippen LogP) is 4.56. The zero-order chi connectivity index (χ0) is 21.7. The Morgan fingerprint density at radius 2 is 1.72 bits per heavy atom. The van der Waals surface area contributed by atoms with Crippen molar-refractivity contribution in [1.29, 1.82) is 5.26 Å². The standard InChI is InChI=1S/C19H14ClF3N4O2/c1-18(2)16(28)26(11-4-3-10(9-24)13(7-11)19(21,22)23)17(29)27(18)12-5-6-15(25)14(20)8-12/h3-8H,25H2,1-2H3. The van der Waals surface area contributed by atoms with Gasteiger partial charge in [-0.3, -0.25) is 9.69 Å². The SMILES string of the molecule is CC1(C)C(=O)N(c2ccc(C#N)c(C(F)(F)F)c2)C(=O)N1c1ccc(N)c(Cl)c1. The van der Waals surface area contributed by atoms with Gasteiger partial charge in [-0.1, -0.05) is 11.6 Å². The molecule has 1 aliphatic heterocycles. The van der Waals surface area contributed by atoms with Gasteiger partial charge < -0.3 is 5.73 Å². The first-order valence-corrected chi connectivity index (χ1v) is 8.62. The maximum absolute atomic E-state index is 13.3. The second-order valence-electron chi connectivity index (χ2n) is 6.86. The number of carbonyl (C=O) groups is 2. The first kappa shape index (κ1) is 20.5. The third kappa shape index (κ3) is 3.25. The van der Waals surface area contributed by atoms with Crippen LogP contribution in [-0.4, -0.2) is 17.5 Å². The van der Waals surface area contributed by atoms with Gasteiger partial charge in [0.25, 0.3) is 5.91 Å². The first-order chi connectivity index (χ1) is 13.4. The molecule has 29 heavy (non-hydrogen) atoms. The van der Waals surface area contributed by atoms with Gasteiger partial charge in [0.05, 0.1) is 33.6 Å². The molecule has 0 aliphatic carbocycles. The highest BCUT2D eigenvalue weighted by Gasteiger charge is 2.53. The number of carbonyl (C=O) groups excluding carboxylic acids is 2. The van der Waals surface area contributed by atoms with Crippen LogP contribution in [0.2, 0.25) is 5.02 Å². The van der Waals surface area contributed by atoms with Crippen molar-refractivity contribution in [3.05, 3.63) is 52.5 Å². The summed E-state index contributed by atoms with van der Waals surface area (Å²) in [4.78, 5) is 27.8. The van der Waals surface area contributed by atoms with Crippen molar-refractivity contribution in [3.8, 4) is 6.07 Å².